The standard InChI is InChI=1S/C16H23NO4/c1-4-14(21-13-9-6-5-7-10-13)16(19)17(2)12-8-11-15(18)20-3/h5-7,9-10,14H,4,8,11-12H2,1-3H3. The number of ether oxygens (including phenoxy) is 2. The van der Waals surface area contributed by atoms with Crippen LogP contribution in [0.4, 0.5) is 0 Å². The van der Waals surface area contributed by atoms with Crippen LogP contribution in [0, 0.1) is 0 Å². The highest BCUT2D eigenvalue weighted by atomic mass is 16.5. The molecule has 1 unspecified atom stereocenters. The normalized spacial score (nSPS) is 11.6. The van der Waals surface area contributed by atoms with Gasteiger partial charge in [0.1, 0.15) is 5.75 Å². The van der Waals surface area contributed by atoms with E-state index in [1.54, 1.807) is 11.9 Å². The molecule has 0 heterocycles. The van der Waals surface area contributed by atoms with Gasteiger partial charge in [-0.2, -0.15) is 0 Å². The van der Waals surface area contributed by atoms with Crippen LogP contribution in [0.15, 0.2) is 30.3 Å². The number of methoxy groups -OCH3 is 1. The molecule has 0 radical (unpaired) electrons. The van der Waals surface area contributed by atoms with Gasteiger partial charge in [0, 0.05) is 20.0 Å². The Balaban J connectivity index is 2.48. The highest BCUT2D eigenvalue weighted by Gasteiger charge is 2.22. The fourth-order valence-corrected chi connectivity index (χ4v) is 1.89. The second-order valence-corrected chi connectivity index (χ2v) is 4.77. The third kappa shape index (κ3) is 5.85. The molecule has 0 spiro atoms. The second kappa shape index (κ2) is 9.00. The lowest BCUT2D eigenvalue weighted by Gasteiger charge is -2.23. The number of amides is 1. The lowest BCUT2D eigenvalue weighted by Crippen LogP contribution is -2.40. The van der Waals surface area contributed by atoms with Gasteiger partial charge >= 0.3 is 5.97 Å². The lowest BCUT2D eigenvalue weighted by atomic mass is 10.2. The molecule has 21 heavy (non-hydrogen) atoms. The number of hydrogen-bond acceptors (Lipinski definition) is 4. The van der Waals surface area contributed by atoms with Crippen molar-refractivity contribution in [3.63, 3.8) is 0 Å². The maximum atomic E-state index is 12.3. The quantitative estimate of drug-likeness (QED) is 0.690. The summed E-state index contributed by atoms with van der Waals surface area (Å²) in [5.41, 5.74) is 0. The van der Waals surface area contributed by atoms with Gasteiger partial charge in [-0.3, -0.25) is 9.59 Å². The molecule has 1 aromatic rings. The maximum Gasteiger partial charge on any atom is 0.305 e. The first-order chi connectivity index (χ1) is 10.1. The van der Waals surface area contributed by atoms with E-state index in [1.165, 1.54) is 7.11 Å². The largest absolute Gasteiger partial charge is 0.481 e. The predicted molar refractivity (Wildman–Crippen MR) is 80.0 cm³/mol. The molecule has 0 aliphatic carbocycles. The van der Waals surface area contributed by atoms with Gasteiger partial charge < -0.3 is 14.4 Å². The molecular formula is C16H23NO4. The Bertz CT molecular complexity index is 447. The van der Waals surface area contributed by atoms with E-state index in [0.717, 1.165) is 0 Å². The van der Waals surface area contributed by atoms with Crippen molar-refractivity contribution in [2.24, 2.45) is 0 Å². The molecule has 5 heteroatoms. The van der Waals surface area contributed by atoms with E-state index in [1.807, 2.05) is 37.3 Å². The molecule has 0 bridgehead atoms. The molecule has 0 aromatic heterocycles. The van der Waals surface area contributed by atoms with Crippen molar-refractivity contribution in [1.82, 2.24) is 4.90 Å². The van der Waals surface area contributed by atoms with Gasteiger partial charge in [0.15, 0.2) is 6.10 Å². The number of rotatable bonds is 8. The third-order valence-electron chi connectivity index (χ3n) is 3.15. The molecule has 0 aliphatic rings. The molecule has 1 atom stereocenters. The smallest absolute Gasteiger partial charge is 0.305 e. The summed E-state index contributed by atoms with van der Waals surface area (Å²) < 4.78 is 10.3. The monoisotopic (exact) mass is 293 g/mol. The SMILES string of the molecule is CCC(Oc1ccccc1)C(=O)N(C)CCCC(=O)OC. The van der Waals surface area contributed by atoms with Crippen molar-refractivity contribution in [1.29, 1.82) is 0 Å². The number of benzene rings is 1. The molecular weight excluding hydrogens is 270 g/mol. The Hall–Kier alpha value is -2.04. The van der Waals surface area contributed by atoms with Crippen LogP contribution in [0.1, 0.15) is 26.2 Å². The Kier molecular flexibility index (Phi) is 7.29. The van der Waals surface area contributed by atoms with E-state index in [2.05, 4.69) is 4.74 Å². The molecule has 0 N–H and O–H groups in total. The number of carbonyl (C=O) groups excluding carboxylic acids is 2. The predicted octanol–water partition coefficient (Wildman–Crippen LogP) is 2.26. The maximum absolute atomic E-state index is 12.3. The van der Waals surface area contributed by atoms with E-state index in [9.17, 15) is 9.59 Å². The minimum atomic E-state index is -0.504. The first-order valence-corrected chi connectivity index (χ1v) is 7.12. The molecule has 1 rings (SSSR count). The van der Waals surface area contributed by atoms with Gasteiger partial charge in [0.25, 0.3) is 5.91 Å². The van der Waals surface area contributed by atoms with Crippen LogP contribution in [0.2, 0.25) is 0 Å². The molecule has 116 valence electrons. The van der Waals surface area contributed by atoms with Crippen LogP contribution in [-0.4, -0.2) is 43.6 Å². The number of esters is 1. The highest BCUT2D eigenvalue weighted by Crippen LogP contribution is 2.14. The zero-order valence-corrected chi connectivity index (χ0v) is 12.9. The molecule has 0 aliphatic heterocycles. The summed E-state index contributed by atoms with van der Waals surface area (Å²) in [4.78, 5) is 24.9. The second-order valence-electron chi connectivity index (χ2n) is 4.77. The van der Waals surface area contributed by atoms with Crippen LogP contribution in [0.25, 0.3) is 0 Å². The van der Waals surface area contributed by atoms with Crippen molar-refractivity contribution in [2.45, 2.75) is 32.3 Å². The summed E-state index contributed by atoms with van der Waals surface area (Å²) in [7, 11) is 3.08. The fraction of sp³-hybridized carbons (Fsp3) is 0.500. The van der Waals surface area contributed by atoms with Gasteiger partial charge in [-0.25, -0.2) is 0 Å². The van der Waals surface area contributed by atoms with Crippen LogP contribution < -0.4 is 4.74 Å². The average Bonchev–Trinajstić information content (AvgIpc) is 2.52. The first kappa shape index (κ1) is 17.0. The minimum Gasteiger partial charge on any atom is -0.481 e. The van der Waals surface area contributed by atoms with Gasteiger partial charge in [0.05, 0.1) is 7.11 Å². The lowest BCUT2D eigenvalue weighted by molar-refractivity contribution is -0.142. The van der Waals surface area contributed by atoms with Crippen molar-refractivity contribution in [2.75, 3.05) is 20.7 Å². The molecule has 0 saturated carbocycles. The third-order valence-corrected chi connectivity index (χ3v) is 3.15. The number of likely N-dealkylation sites (N-methyl/N-ethyl adjacent to an activating group) is 1. The summed E-state index contributed by atoms with van der Waals surface area (Å²) in [6.45, 7) is 2.41. The van der Waals surface area contributed by atoms with E-state index < -0.39 is 6.10 Å². The average molecular weight is 293 g/mol. The van der Waals surface area contributed by atoms with E-state index in [-0.39, 0.29) is 11.9 Å². The van der Waals surface area contributed by atoms with E-state index in [4.69, 9.17) is 4.74 Å². The number of hydrogen-bond donors (Lipinski definition) is 0. The van der Waals surface area contributed by atoms with Crippen molar-refractivity contribution >= 4 is 11.9 Å². The Labute approximate surface area is 125 Å². The zero-order valence-electron chi connectivity index (χ0n) is 12.9. The van der Waals surface area contributed by atoms with Crippen LogP contribution in [0.5, 0.6) is 5.75 Å². The minimum absolute atomic E-state index is 0.0776. The zero-order chi connectivity index (χ0) is 15.7. The Morgan fingerprint density at radius 2 is 1.90 bits per heavy atom. The summed E-state index contributed by atoms with van der Waals surface area (Å²) >= 11 is 0. The topological polar surface area (TPSA) is 55.8 Å². The van der Waals surface area contributed by atoms with E-state index in [0.29, 0.717) is 31.6 Å². The van der Waals surface area contributed by atoms with Crippen molar-refractivity contribution in [3.05, 3.63) is 30.3 Å². The Morgan fingerprint density at radius 3 is 2.48 bits per heavy atom. The first-order valence-electron chi connectivity index (χ1n) is 7.12. The number of para-hydroxylation sites is 1. The number of carbonyl (C=O) groups is 2. The summed E-state index contributed by atoms with van der Waals surface area (Å²) in [6, 6.07) is 9.29. The summed E-state index contributed by atoms with van der Waals surface area (Å²) in [5.74, 6) is 0.343. The molecule has 0 fully saturated rings. The summed E-state index contributed by atoms with van der Waals surface area (Å²) in [5, 5.41) is 0. The van der Waals surface area contributed by atoms with Gasteiger partial charge in [-0.05, 0) is 25.0 Å². The van der Waals surface area contributed by atoms with Crippen molar-refractivity contribution in [3.8, 4) is 5.75 Å². The molecule has 1 amide bonds. The van der Waals surface area contributed by atoms with E-state index >= 15 is 0 Å². The molecule has 5 nitrogen and oxygen atoms in total. The highest BCUT2D eigenvalue weighted by molar-refractivity contribution is 5.81. The van der Waals surface area contributed by atoms with Crippen LogP contribution in [0.3, 0.4) is 0 Å². The number of nitrogens with zero attached hydrogens (tertiary/aromatic N) is 1. The van der Waals surface area contributed by atoms with Crippen LogP contribution in [-0.2, 0) is 14.3 Å². The van der Waals surface area contributed by atoms with Crippen molar-refractivity contribution < 1.29 is 19.1 Å². The van der Waals surface area contributed by atoms with Gasteiger partial charge in [-0.15, -0.1) is 0 Å². The summed E-state index contributed by atoms with van der Waals surface area (Å²) in [6.07, 6.45) is 0.978. The molecule has 0 saturated heterocycles. The fourth-order valence-electron chi connectivity index (χ4n) is 1.89. The van der Waals surface area contributed by atoms with Crippen LogP contribution >= 0.6 is 0 Å². The Morgan fingerprint density at radius 1 is 1.24 bits per heavy atom. The van der Waals surface area contributed by atoms with Gasteiger partial charge in [0.2, 0.25) is 0 Å². The molecule has 1 aromatic carbocycles. The van der Waals surface area contributed by atoms with Gasteiger partial charge in [-0.1, -0.05) is 25.1 Å².